The number of fused-ring (bicyclic) bond motifs is 2. The Morgan fingerprint density at radius 2 is 1.76 bits per heavy atom. The van der Waals surface area contributed by atoms with Crippen LogP contribution >= 0.6 is 11.6 Å². The summed E-state index contributed by atoms with van der Waals surface area (Å²) in [6, 6.07) is 12.5. The van der Waals surface area contributed by atoms with E-state index < -0.39 is 6.10 Å². The van der Waals surface area contributed by atoms with E-state index in [1.165, 1.54) is 5.56 Å². The van der Waals surface area contributed by atoms with E-state index in [9.17, 15) is 10.2 Å². The Morgan fingerprint density at radius 1 is 0.970 bits per heavy atom. The fraction of sp³-hybridized carbons (Fsp3) is 0.480. The summed E-state index contributed by atoms with van der Waals surface area (Å²) < 4.78 is 17.3. The van der Waals surface area contributed by atoms with Crippen LogP contribution in [0.25, 0.3) is 22.2 Å². The molecule has 1 saturated carbocycles. The van der Waals surface area contributed by atoms with Gasteiger partial charge in [-0.3, -0.25) is 0 Å². The number of rotatable bonds is 4. The Bertz CT molecular complexity index is 1150. The molecule has 3 heterocycles. The van der Waals surface area contributed by atoms with Crippen LogP contribution in [0.5, 0.6) is 6.01 Å². The standard InChI is InChI=1S/C25H27ClN2O5/c26-17-10-19-18(27-25(28-19)33-22-12-32-23-21(30)11-31-24(22)23)9-16(17)14-7-5-13(6-8-14)15-3-1-2-4-20(15)29/h5-10,15,20-24,29-30H,1-4,11-12H2,(H,27,28). The van der Waals surface area contributed by atoms with E-state index in [1.807, 2.05) is 12.1 Å². The van der Waals surface area contributed by atoms with Gasteiger partial charge in [-0.1, -0.05) is 48.7 Å². The van der Waals surface area contributed by atoms with Crippen molar-refractivity contribution < 1.29 is 24.4 Å². The summed E-state index contributed by atoms with van der Waals surface area (Å²) in [6.07, 6.45) is 2.32. The summed E-state index contributed by atoms with van der Waals surface area (Å²) >= 11 is 6.62. The zero-order valence-corrected chi connectivity index (χ0v) is 18.9. The molecule has 0 bridgehead atoms. The van der Waals surface area contributed by atoms with Crippen LogP contribution in [0, 0.1) is 0 Å². The molecule has 3 aromatic rings. The molecule has 33 heavy (non-hydrogen) atoms. The number of nitrogens with zero attached hydrogens (tertiary/aromatic N) is 1. The second-order valence-electron chi connectivity index (χ2n) is 9.29. The predicted octanol–water partition coefficient (Wildman–Crippen LogP) is 3.81. The molecule has 3 N–H and O–H groups in total. The average Bonchev–Trinajstić information content (AvgIpc) is 3.50. The van der Waals surface area contributed by atoms with Crippen molar-refractivity contribution in [3.63, 3.8) is 0 Å². The Balaban J connectivity index is 1.23. The largest absolute Gasteiger partial charge is 0.456 e. The first kappa shape index (κ1) is 21.4. The third-order valence-electron chi connectivity index (χ3n) is 7.17. The fourth-order valence-electron chi connectivity index (χ4n) is 5.38. The zero-order valence-electron chi connectivity index (χ0n) is 18.1. The molecule has 7 nitrogen and oxygen atoms in total. The third-order valence-corrected chi connectivity index (χ3v) is 7.49. The second-order valence-corrected chi connectivity index (χ2v) is 9.70. The highest BCUT2D eigenvalue weighted by Crippen LogP contribution is 2.37. The van der Waals surface area contributed by atoms with Crippen LogP contribution in [0.4, 0.5) is 0 Å². The van der Waals surface area contributed by atoms with Gasteiger partial charge in [0.05, 0.1) is 35.4 Å². The van der Waals surface area contributed by atoms with Crippen LogP contribution in [-0.4, -0.2) is 63.9 Å². The lowest BCUT2D eigenvalue weighted by Gasteiger charge is -2.28. The smallest absolute Gasteiger partial charge is 0.295 e. The number of imidazole rings is 1. The van der Waals surface area contributed by atoms with E-state index in [2.05, 4.69) is 34.2 Å². The highest BCUT2D eigenvalue weighted by Gasteiger charge is 2.48. The van der Waals surface area contributed by atoms with E-state index in [0.29, 0.717) is 17.6 Å². The lowest BCUT2D eigenvalue weighted by atomic mass is 9.81. The molecule has 6 rings (SSSR count). The molecule has 1 aliphatic carbocycles. The summed E-state index contributed by atoms with van der Waals surface area (Å²) in [5.41, 5.74) is 4.60. The summed E-state index contributed by atoms with van der Waals surface area (Å²) in [7, 11) is 0. The summed E-state index contributed by atoms with van der Waals surface area (Å²) in [5, 5.41) is 20.9. The molecule has 2 saturated heterocycles. The molecule has 1 aromatic heterocycles. The molecule has 0 amide bonds. The van der Waals surface area contributed by atoms with Crippen LogP contribution in [0.15, 0.2) is 36.4 Å². The first-order valence-electron chi connectivity index (χ1n) is 11.6. The molecular formula is C25H27ClN2O5. The molecule has 6 unspecified atom stereocenters. The molecule has 6 atom stereocenters. The first-order valence-corrected chi connectivity index (χ1v) is 12.0. The molecular weight excluding hydrogens is 444 g/mol. The van der Waals surface area contributed by atoms with Gasteiger partial charge in [-0.2, -0.15) is 4.98 Å². The minimum atomic E-state index is -0.617. The number of ether oxygens (including phenoxy) is 3. The topological polar surface area (TPSA) is 96.8 Å². The van der Waals surface area contributed by atoms with Crippen molar-refractivity contribution in [3.05, 3.63) is 47.0 Å². The molecule has 3 aliphatic rings. The third kappa shape index (κ3) is 3.92. The maximum atomic E-state index is 10.4. The summed E-state index contributed by atoms with van der Waals surface area (Å²) in [5.74, 6) is 0.209. The molecule has 2 aliphatic heterocycles. The maximum Gasteiger partial charge on any atom is 0.295 e. The highest BCUT2D eigenvalue weighted by molar-refractivity contribution is 6.34. The van der Waals surface area contributed by atoms with E-state index in [0.717, 1.165) is 47.8 Å². The van der Waals surface area contributed by atoms with Gasteiger partial charge in [0.1, 0.15) is 18.3 Å². The van der Waals surface area contributed by atoms with Gasteiger partial charge in [0, 0.05) is 11.5 Å². The Hall–Kier alpha value is -2.16. The van der Waals surface area contributed by atoms with Crippen LogP contribution in [0.1, 0.15) is 37.2 Å². The SMILES string of the molecule is OC1CCCCC1c1ccc(-c2cc3nc(OC4COC5C(O)COC45)[nH]c3cc2Cl)cc1. The van der Waals surface area contributed by atoms with Gasteiger partial charge in [-0.05, 0) is 36.1 Å². The van der Waals surface area contributed by atoms with Crippen molar-refractivity contribution in [2.45, 2.75) is 62.1 Å². The van der Waals surface area contributed by atoms with Gasteiger partial charge < -0.3 is 29.4 Å². The van der Waals surface area contributed by atoms with Gasteiger partial charge in [0.25, 0.3) is 6.01 Å². The van der Waals surface area contributed by atoms with Crippen LogP contribution in [0.2, 0.25) is 5.02 Å². The van der Waals surface area contributed by atoms with E-state index in [-0.39, 0.29) is 36.9 Å². The van der Waals surface area contributed by atoms with Crippen LogP contribution < -0.4 is 4.74 Å². The molecule has 8 heteroatoms. The van der Waals surface area contributed by atoms with Crippen molar-refractivity contribution in [1.29, 1.82) is 0 Å². The maximum absolute atomic E-state index is 10.4. The lowest BCUT2D eigenvalue weighted by Crippen LogP contribution is -2.34. The van der Waals surface area contributed by atoms with Crippen molar-refractivity contribution >= 4 is 22.6 Å². The molecule has 174 valence electrons. The number of halogens is 1. The highest BCUT2D eigenvalue weighted by atomic mass is 35.5. The quantitative estimate of drug-likeness (QED) is 0.536. The minimum absolute atomic E-state index is 0.209. The Kier molecular flexibility index (Phi) is 5.55. The predicted molar refractivity (Wildman–Crippen MR) is 124 cm³/mol. The van der Waals surface area contributed by atoms with Gasteiger partial charge in [0.2, 0.25) is 0 Å². The number of nitrogens with one attached hydrogen (secondary N) is 1. The van der Waals surface area contributed by atoms with Crippen molar-refractivity contribution in [1.82, 2.24) is 9.97 Å². The number of H-pyrrole nitrogens is 1. The fourth-order valence-corrected chi connectivity index (χ4v) is 5.66. The lowest BCUT2D eigenvalue weighted by molar-refractivity contribution is 0.00706. The van der Waals surface area contributed by atoms with Crippen molar-refractivity contribution in [2.24, 2.45) is 0 Å². The molecule has 0 spiro atoms. The number of hydrogen-bond acceptors (Lipinski definition) is 6. The summed E-state index contributed by atoms with van der Waals surface area (Å²) in [4.78, 5) is 7.77. The van der Waals surface area contributed by atoms with E-state index in [1.54, 1.807) is 0 Å². The first-order chi connectivity index (χ1) is 16.1. The molecule has 0 radical (unpaired) electrons. The molecule has 2 aromatic carbocycles. The monoisotopic (exact) mass is 470 g/mol. The zero-order chi connectivity index (χ0) is 22.5. The second kappa shape index (κ2) is 8.56. The molecule has 3 fully saturated rings. The van der Waals surface area contributed by atoms with Gasteiger partial charge >= 0.3 is 0 Å². The number of aromatic amines is 1. The normalized spacial score (nSPS) is 31.7. The van der Waals surface area contributed by atoms with Crippen LogP contribution in [0.3, 0.4) is 0 Å². The van der Waals surface area contributed by atoms with Crippen LogP contribution in [-0.2, 0) is 9.47 Å². The van der Waals surface area contributed by atoms with Gasteiger partial charge in [-0.15, -0.1) is 0 Å². The minimum Gasteiger partial charge on any atom is -0.456 e. The Morgan fingerprint density at radius 3 is 2.58 bits per heavy atom. The number of benzene rings is 2. The number of hydrogen-bond donors (Lipinski definition) is 3. The number of aliphatic hydroxyl groups is 2. The van der Waals surface area contributed by atoms with E-state index in [4.69, 9.17) is 25.8 Å². The number of aliphatic hydroxyl groups excluding tert-OH is 2. The van der Waals surface area contributed by atoms with Crippen molar-refractivity contribution in [2.75, 3.05) is 13.2 Å². The Labute approximate surface area is 196 Å². The summed E-state index contributed by atoms with van der Waals surface area (Å²) in [6.45, 7) is 0.601. The van der Waals surface area contributed by atoms with E-state index >= 15 is 0 Å². The van der Waals surface area contributed by atoms with Crippen molar-refractivity contribution in [3.8, 4) is 17.1 Å². The van der Waals surface area contributed by atoms with Gasteiger partial charge in [0.15, 0.2) is 6.10 Å². The van der Waals surface area contributed by atoms with Gasteiger partial charge in [-0.25, -0.2) is 0 Å². The number of aromatic nitrogens is 2. The average molecular weight is 471 g/mol.